The van der Waals surface area contributed by atoms with Crippen LogP contribution in [0.1, 0.15) is 12.8 Å². The van der Waals surface area contributed by atoms with E-state index in [-0.39, 0.29) is 4.90 Å². The maximum absolute atomic E-state index is 12.5. The van der Waals surface area contributed by atoms with Crippen molar-refractivity contribution in [1.29, 1.82) is 0 Å². The van der Waals surface area contributed by atoms with E-state index in [1.807, 2.05) is 0 Å². The Morgan fingerprint density at radius 3 is 2.03 bits per heavy atom. The van der Waals surface area contributed by atoms with E-state index < -0.39 is 33.7 Å². The topological polar surface area (TPSA) is 113 Å². The van der Waals surface area contributed by atoms with Crippen molar-refractivity contribution >= 4 is 44.9 Å². The first-order valence-electron chi connectivity index (χ1n) is 8.83. The maximum atomic E-state index is 12.5. The summed E-state index contributed by atoms with van der Waals surface area (Å²) in [5.41, 5.74) is 0.760. The smallest absolute Gasteiger partial charge is 0.307 e. The molecule has 0 heterocycles. The van der Waals surface area contributed by atoms with Crippen LogP contribution >= 0.6 is 11.6 Å². The van der Waals surface area contributed by atoms with Crippen LogP contribution in [-0.2, 0) is 19.6 Å². The number of allylic oxidation sites excluding steroid dienone is 2. The second-order valence-corrected chi connectivity index (χ2v) is 8.74. The summed E-state index contributed by atoms with van der Waals surface area (Å²) in [7, 11) is -3.80. The van der Waals surface area contributed by atoms with Gasteiger partial charge in [-0.3, -0.25) is 14.3 Å². The van der Waals surface area contributed by atoms with E-state index in [1.165, 1.54) is 24.3 Å². The third-order valence-electron chi connectivity index (χ3n) is 4.61. The zero-order valence-corrected chi connectivity index (χ0v) is 16.8. The van der Waals surface area contributed by atoms with Crippen molar-refractivity contribution in [2.45, 2.75) is 17.7 Å². The third-order valence-corrected chi connectivity index (χ3v) is 6.26. The minimum atomic E-state index is -3.80. The Bertz CT molecular complexity index is 1030. The minimum absolute atomic E-state index is 0.0226. The van der Waals surface area contributed by atoms with Gasteiger partial charge < -0.3 is 10.4 Å². The number of amides is 1. The van der Waals surface area contributed by atoms with Crippen molar-refractivity contribution in [3.63, 3.8) is 0 Å². The van der Waals surface area contributed by atoms with Crippen molar-refractivity contribution in [3.05, 3.63) is 65.7 Å². The van der Waals surface area contributed by atoms with E-state index in [0.717, 1.165) is 0 Å². The Hall–Kier alpha value is -2.84. The molecule has 0 radical (unpaired) electrons. The highest BCUT2D eigenvalue weighted by Gasteiger charge is 2.33. The van der Waals surface area contributed by atoms with Crippen molar-refractivity contribution < 1.29 is 23.1 Å². The van der Waals surface area contributed by atoms with Crippen LogP contribution in [0.2, 0.25) is 5.02 Å². The van der Waals surface area contributed by atoms with E-state index in [4.69, 9.17) is 11.6 Å². The third kappa shape index (κ3) is 5.16. The van der Waals surface area contributed by atoms with Gasteiger partial charge in [0.25, 0.3) is 10.0 Å². The van der Waals surface area contributed by atoms with Crippen molar-refractivity contribution in [2.24, 2.45) is 11.8 Å². The van der Waals surface area contributed by atoms with E-state index in [2.05, 4.69) is 10.0 Å². The van der Waals surface area contributed by atoms with Crippen LogP contribution in [0.3, 0.4) is 0 Å². The number of anilines is 2. The highest BCUT2D eigenvalue weighted by Crippen LogP contribution is 2.27. The van der Waals surface area contributed by atoms with E-state index in [9.17, 15) is 23.1 Å². The van der Waals surface area contributed by atoms with Gasteiger partial charge in [-0.2, -0.15) is 0 Å². The number of sulfonamides is 1. The number of carboxylic acid groups (broad SMARTS) is 1. The Morgan fingerprint density at radius 2 is 1.45 bits per heavy atom. The molecule has 1 aliphatic rings. The molecule has 0 spiro atoms. The van der Waals surface area contributed by atoms with E-state index in [0.29, 0.717) is 29.2 Å². The second kappa shape index (κ2) is 8.67. The number of carboxylic acids is 1. The quantitative estimate of drug-likeness (QED) is 0.599. The van der Waals surface area contributed by atoms with E-state index >= 15 is 0 Å². The Labute approximate surface area is 173 Å². The van der Waals surface area contributed by atoms with Crippen molar-refractivity contribution in [3.8, 4) is 0 Å². The first kappa shape index (κ1) is 20.9. The summed E-state index contributed by atoms with van der Waals surface area (Å²) in [6.07, 6.45) is 4.21. The van der Waals surface area contributed by atoms with Gasteiger partial charge in [0.2, 0.25) is 5.91 Å². The van der Waals surface area contributed by atoms with Crippen LogP contribution in [0.15, 0.2) is 65.6 Å². The number of hydrogen-bond donors (Lipinski definition) is 3. The van der Waals surface area contributed by atoms with Gasteiger partial charge in [0.1, 0.15) is 0 Å². The monoisotopic (exact) mass is 434 g/mol. The Kier molecular flexibility index (Phi) is 6.24. The fraction of sp³-hybridized carbons (Fsp3) is 0.200. The molecule has 7 nitrogen and oxygen atoms in total. The maximum Gasteiger partial charge on any atom is 0.307 e. The molecule has 0 aliphatic heterocycles. The number of benzene rings is 2. The molecule has 0 unspecified atom stereocenters. The number of rotatable bonds is 6. The molecule has 0 saturated heterocycles. The predicted molar refractivity (Wildman–Crippen MR) is 110 cm³/mol. The standard InChI is InChI=1S/C20H19ClN2O5S/c21-13-5-7-15(8-6-13)23-29(27,28)16-11-9-14(10-12-16)22-19(24)17-3-1-2-4-18(17)20(25)26/h1-2,5-12,17-18,23H,3-4H2,(H,22,24)(H,25,26)/t17-,18+/m1/s1. The van der Waals surface area contributed by atoms with Gasteiger partial charge in [-0.05, 0) is 61.4 Å². The first-order valence-corrected chi connectivity index (χ1v) is 10.7. The number of carbonyl (C=O) groups is 2. The lowest BCUT2D eigenvalue weighted by molar-refractivity contribution is -0.146. The molecule has 1 aliphatic carbocycles. The summed E-state index contributed by atoms with van der Waals surface area (Å²) in [4.78, 5) is 23.9. The molecule has 29 heavy (non-hydrogen) atoms. The average molecular weight is 435 g/mol. The lowest BCUT2D eigenvalue weighted by Gasteiger charge is -2.24. The molecule has 3 N–H and O–H groups in total. The van der Waals surface area contributed by atoms with Crippen LogP contribution in [0.25, 0.3) is 0 Å². The van der Waals surface area contributed by atoms with Crippen LogP contribution in [0.5, 0.6) is 0 Å². The summed E-state index contributed by atoms with van der Waals surface area (Å²) < 4.78 is 27.4. The van der Waals surface area contributed by atoms with Crippen LogP contribution in [0.4, 0.5) is 11.4 Å². The molecule has 0 aromatic heterocycles. The molecule has 2 aromatic rings. The summed E-state index contributed by atoms with van der Waals surface area (Å²) in [6, 6.07) is 11.9. The number of aliphatic carboxylic acids is 1. The van der Waals surface area contributed by atoms with Crippen molar-refractivity contribution in [1.82, 2.24) is 0 Å². The fourth-order valence-corrected chi connectivity index (χ4v) is 4.25. The number of carbonyl (C=O) groups excluding carboxylic acids is 1. The number of halogens is 1. The molecule has 2 aromatic carbocycles. The highest BCUT2D eigenvalue weighted by molar-refractivity contribution is 7.92. The van der Waals surface area contributed by atoms with Gasteiger partial charge in [-0.15, -0.1) is 0 Å². The van der Waals surface area contributed by atoms with Gasteiger partial charge in [-0.25, -0.2) is 8.42 Å². The van der Waals surface area contributed by atoms with Crippen LogP contribution < -0.4 is 10.0 Å². The van der Waals surface area contributed by atoms with Gasteiger partial charge in [-0.1, -0.05) is 23.8 Å². The summed E-state index contributed by atoms with van der Waals surface area (Å²) >= 11 is 5.79. The molecule has 2 atom stereocenters. The predicted octanol–water partition coefficient (Wildman–Crippen LogP) is 3.75. The largest absolute Gasteiger partial charge is 0.481 e. The molecule has 9 heteroatoms. The number of hydrogen-bond acceptors (Lipinski definition) is 4. The van der Waals surface area contributed by atoms with Gasteiger partial charge in [0.05, 0.1) is 16.7 Å². The Balaban J connectivity index is 1.69. The molecule has 1 amide bonds. The van der Waals surface area contributed by atoms with E-state index in [1.54, 1.807) is 36.4 Å². The van der Waals surface area contributed by atoms with Gasteiger partial charge in [0, 0.05) is 16.4 Å². The molecular weight excluding hydrogens is 416 g/mol. The number of nitrogens with one attached hydrogen (secondary N) is 2. The molecule has 152 valence electrons. The minimum Gasteiger partial charge on any atom is -0.481 e. The second-order valence-electron chi connectivity index (χ2n) is 6.62. The fourth-order valence-electron chi connectivity index (χ4n) is 3.06. The zero-order valence-electron chi connectivity index (χ0n) is 15.2. The van der Waals surface area contributed by atoms with Gasteiger partial charge >= 0.3 is 5.97 Å². The SMILES string of the molecule is O=C(O)[C@H]1CC=CC[C@H]1C(=O)Nc1ccc(S(=O)(=O)Nc2ccc(Cl)cc2)cc1. The zero-order chi connectivity index (χ0) is 21.0. The van der Waals surface area contributed by atoms with Crippen LogP contribution in [0, 0.1) is 11.8 Å². The Morgan fingerprint density at radius 1 is 0.897 bits per heavy atom. The summed E-state index contributed by atoms with van der Waals surface area (Å²) in [5.74, 6) is -2.86. The lowest BCUT2D eigenvalue weighted by Crippen LogP contribution is -2.34. The highest BCUT2D eigenvalue weighted by atomic mass is 35.5. The normalized spacial score (nSPS) is 18.8. The average Bonchev–Trinajstić information content (AvgIpc) is 2.70. The molecular formula is C20H19ClN2O5S. The summed E-state index contributed by atoms with van der Waals surface area (Å²) in [5, 5.41) is 12.4. The molecule has 0 fully saturated rings. The van der Waals surface area contributed by atoms with Gasteiger partial charge in [0.15, 0.2) is 0 Å². The molecule has 3 rings (SSSR count). The van der Waals surface area contributed by atoms with Crippen LogP contribution in [-0.4, -0.2) is 25.4 Å². The molecule has 0 saturated carbocycles. The first-order chi connectivity index (χ1) is 13.8. The van der Waals surface area contributed by atoms with Crippen molar-refractivity contribution in [2.75, 3.05) is 10.0 Å². The molecule has 0 bridgehead atoms. The summed E-state index contributed by atoms with van der Waals surface area (Å²) in [6.45, 7) is 0. The lowest BCUT2D eigenvalue weighted by atomic mass is 9.82.